The summed E-state index contributed by atoms with van der Waals surface area (Å²) in [5, 5.41) is 17.7. The van der Waals surface area contributed by atoms with Crippen molar-refractivity contribution in [2.75, 3.05) is 0 Å². The van der Waals surface area contributed by atoms with Gasteiger partial charge < -0.3 is 5.11 Å². The standard InChI is InChI=1S/C15H18N4O2/c1-11-9-12(2)19(18-11)8-7-15(21)17-16-10-13-5-3-4-6-14(13)20/h3-6,9-10,20H,7-8H2,1-2H3,(H,17,21)/b16-10-. The number of hydrogen-bond acceptors (Lipinski definition) is 4. The number of aryl methyl sites for hydroxylation is 3. The van der Waals surface area contributed by atoms with Gasteiger partial charge >= 0.3 is 0 Å². The molecule has 0 radical (unpaired) electrons. The molecule has 2 aromatic rings. The van der Waals surface area contributed by atoms with Crippen molar-refractivity contribution >= 4 is 12.1 Å². The quantitative estimate of drug-likeness (QED) is 0.649. The Morgan fingerprint density at radius 1 is 1.43 bits per heavy atom. The van der Waals surface area contributed by atoms with Crippen molar-refractivity contribution in [3.05, 3.63) is 47.3 Å². The Kier molecular flexibility index (Phi) is 4.71. The van der Waals surface area contributed by atoms with Crippen molar-refractivity contribution < 1.29 is 9.90 Å². The minimum Gasteiger partial charge on any atom is -0.507 e. The second kappa shape index (κ2) is 6.69. The summed E-state index contributed by atoms with van der Waals surface area (Å²) in [6.45, 7) is 4.38. The van der Waals surface area contributed by atoms with E-state index in [2.05, 4.69) is 15.6 Å². The molecule has 0 bridgehead atoms. The number of phenols is 1. The third-order valence-corrected chi connectivity index (χ3v) is 2.98. The first-order valence-corrected chi connectivity index (χ1v) is 6.67. The smallest absolute Gasteiger partial charge is 0.241 e. The lowest BCUT2D eigenvalue weighted by Crippen LogP contribution is -2.20. The SMILES string of the molecule is Cc1cc(C)n(CCC(=O)N/N=C\c2ccccc2O)n1. The zero-order valence-corrected chi connectivity index (χ0v) is 12.1. The Morgan fingerprint density at radius 3 is 2.86 bits per heavy atom. The number of carbonyl (C=O) groups excluding carboxylic acids is 1. The molecule has 0 saturated carbocycles. The third-order valence-electron chi connectivity index (χ3n) is 2.98. The van der Waals surface area contributed by atoms with Gasteiger partial charge in [-0.15, -0.1) is 0 Å². The predicted molar refractivity (Wildman–Crippen MR) is 80.2 cm³/mol. The van der Waals surface area contributed by atoms with E-state index in [1.54, 1.807) is 28.9 Å². The van der Waals surface area contributed by atoms with Gasteiger partial charge in [0, 0.05) is 17.7 Å². The fraction of sp³-hybridized carbons (Fsp3) is 0.267. The highest BCUT2D eigenvalue weighted by Gasteiger charge is 2.04. The minimum atomic E-state index is -0.200. The van der Waals surface area contributed by atoms with Crippen LogP contribution >= 0.6 is 0 Å². The number of hydrogen-bond donors (Lipinski definition) is 2. The Bertz CT molecular complexity index is 661. The van der Waals surface area contributed by atoms with Crippen molar-refractivity contribution in [2.45, 2.75) is 26.8 Å². The average Bonchev–Trinajstić information content (AvgIpc) is 2.77. The summed E-state index contributed by atoms with van der Waals surface area (Å²) in [6, 6.07) is 8.74. The van der Waals surface area contributed by atoms with Gasteiger partial charge in [-0.25, -0.2) is 5.43 Å². The number of para-hydroxylation sites is 1. The Morgan fingerprint density at radius 2 is 2.19 bits per heavy atom. The van der Waals surface area contributed by atoms with E-state index in [-0.39, 0.29) is 11.7 Å². The molecule has 0 atom stereocenters. The monoisotopic (exact) mass is 286 g/mol. The number of carbonyl (C=O) groups is 1. The van der Waals surface area contributed by atoms with Crippen LogP contribution in [0.4, 0.5) is 0 Å². The number of nitrogens with zero attached hydrogens (tertiary/aromatic N) is 3. The maximum absolute atomic E-state index is 11.7. The van der Waals surface area contributed by atoms with Gasteiger partial charge in [-0.3, -0.25) is 9.48 Å². The van der Waals surface area contributed by atoms with E-state index < -0.39 is 0 Å². The van der Waals surface area contributed by atoms with Gasteiger partial charge in [-0.1, -0.05) is 12.1 Å². The highest BCUT2D eigenvalue weighted by atomic mass is 16.3. The van der Waals surface area contributed by atoms with Gasteiger partial charge in [-0.05, 0) is 32.0 Å². The number of hydrazone groups is 1. The molecule has 0 spiro atoms. The van der Waals surface area contributed by atoms with E-state index in [4.69, 9.17) is 0 Å². The number of phenolic OH excluding ortho intramolecular Hbond substituents is 1. The summed E-state index contributed by atoms with van der Waals surface area (Å²) in [5.41, 5.74) is 4.95. The maximum atomic E-state index is 11.7. The molecular weight excluding hydrogens is 268 g/mol. The van der Waals surface area contributed by atoms with Gasteiger partial charge in [0.15, 0.2) is 0 Å². The largest absolute Gasteiger partial charge is 0.507 e. The number of rotatable bonds is 5. The summed E-state index contributed by atoms with van der Waals surface area (Å²) < 4.78 is 1.79. The van der Waals surface area contributed by atoms with Gasteiger partial charge in [0.25, 0.3) is 0 Å². The number of benzene rings is 1. The van der Waals surface area contributed by atoms with Crippen LogP contribution in [0.5, 0.6) is 5.75 Å². The molecule has 0 aliphatic heterocycles. The maximum Gasteiger partial charge on any atom is 0.241 e. The molecular formula is C15H18N4O2. The molecule has 0 aliphatic rings. The molecule has 110 valence electrons. The minimum absolute atomic E-state index is 0.123. The van der Waals surface area contributed by atoms with Crippen LogP contribution in [-0.4, -0.2) is 27.0 Å². The van der Waals surface area contributed by atoms with E-state index in [1.807, 2.05) is 19.9 Å². The van der Waals surface area contributed by atoms with Crippen molar-refractivity contribution in [3.8, 4) is 5.75 Å². The van der Waals surface area contributed by atoms with E-state index in [0.29, 0.717) is 18.5 Å². The van der Waals surface area contributed by atoms with Crippen LogP contribution in [0.1, 0.15) is 23.4 Å². The van der Waals surface area contributed by atoms with Crippen LogP contribution in [0.25, 0.3) is 0 Å². The third kappa shape index (κ3) is 4.17. The van der Waals surface area contributed by atoms with Crippen LogP contribution in [0.15, 0.2) is 35.4 Å². The fourth-order valence-corrected chi connectivity index (χ4v) is 1.94. The highest BCUT2D eigenvalue weighted by molar-refractivity contribution is 5.84. The summed E-state index contributed by atoms with van der Waals surface area (Å²) in [6.07, 6.45) is 1.70. The summed E-state index contributed by atoms with van der Waals surface area (Å²) in [5.74, 6) is -0.0765. The average molecular weight is 286 g/mol. The molecule has 2 rings (SSSR count). The molecule has 21 heavy (non-hydrogen) atoms. The van der Waals surface area contributed by atoms with Crippen molar-refractivity contribution in [3.63, 3.8) is 0 Å². The fourth-order valence-electron chi connectivity index (χ4n) is 1.94. The van der Waals surface area contributed by atoms with E-state index in [1.165, 1.54) is 6.21 Å². The van der Waals surface area contributed by atoms with E-state index in [0.717, 1.165) is 11.4 Å². The first-order chi connectivity index (χ1) is 10.1. The predicted octanol–water partition coefficient (Wildman–Crippen LogP) is 1.75. The first kappa shape index (κ1) is 14.8. The molecule has 2 N–H and O–H groups in total. The second-order valence-electron chi connectivity index (χ2n) is 4.75. The Labute approximate surface area is 123 Å². The van der Waals surface area contributed by atoms with Crippen LogP contribution in [0.3, 0.4) is 0 Å². The molecule has 1 aromatic heterocycles. The van der Waals surface area contributed by atoms with Crippen LogP contribution in [0, 0.1) is 13.8 Å². The van der Waals surface area contributed by atoms with Crippen LogP contribution in [-0.2, 0) is 11.3 Å². The highest BCUT2D eigenvalue weighted by Crippen LogP contribution is 2.12. The van der Waals surface area contributed by atoms with E-state index >= 15 is 0 Å². The van der Waals surface area contributed by atoms with Crippen molar-refractivity contribution in [1.82, 2.24) is 15.2 Å². The normalized spacial score (nSPS) is 11.0. The molecule has 0 fully saturated rings. The molecule has 0 saturated heterocycles. The van der Waals surface area contributed by atoms with Crippen LogP contribution < -0.4 is 5.43 Å². The molecule has 1 heterocycles. The van der Waals surface area contributed by atoms with Crippen molar-refractivity contribution in [2.24, 2.45) is 5.10 Å². The lowest BCUT2D eigenvalue weighted by Gasteiger charge is -2.03. The summed E-state index contributed by atoms with van der Waals surface area (Å²) in [4.78, 5) is 11.7. The molecule has 6 heteroatoms. The van der Waals surface area contributed by atoms with Gasteiger partial charge in [0.05, 0.1) is 18.5 Å². The van der Waals surface area contributed by atoms with Gasteiger partial charge in [0.1, 0.15) is 5.75 Å². The first-order valence-electron chi connectivity index (χ1n) is 6.67. The number of aromatic hydroxyl groups is 1. The number of aromatic nitrogens is 2. The summed E-state index contributed by atoms with van der Waals surface area (Å²) in [7, 11) is 0. The topological polar surface area (TPSA) is 79.5 Å². The lowest BCUT2D eigenvalue weighted by molar-refractivity contribution is -0.121. The van der Waals surface area contributed by atoms with Crippen LogP contribution in [0.2, 0.25) is 0 Å². The molecule has 1 amide bonds. The van der Waals surface area contributed by atoms with Gasteiger partial charge in [0.2, 0.25) is 5.91 Å². The van der Waals surface area contributed by atoms with Crippen molar-refractivity contribution in [1.29, 1.82) is 0 Å². The number of amides is 1. The van der Waals surface area contributed by atoms with Gasteiger partial charge in [-0.2, -0.15) is 10.2 Å². The summed E-state index contributed by atoms with van der Waals surface area (Å²) >= 11 is 0. The Hall–Kier alpha value is -2.63. The molecule has 1 aromatic carbocycles. The second-order valence-corrected chi connectivity index (χ2v) is 4.75. The Balaban J connectivity index is 1.83. The zero-order valence-electron chi connectivity index (χ0n) is 12.1. The lowest BCUT2D eigenvalue weighted by atomic mass is 10.2. The molecule has 6 nitrogen and oxygen atoms in total. The number of nitrogens with one attached hydrogen (secondary N) is 1. The molecule has 0 aliphatic carbocycles. The van der Waals surface area contributed by atoms with E-state index in [9.17, 15) is 9.90 Å². The molecule has 0 unspecified atom stereocenters. The zero-order chi connectivity index (χ0) is 15.2.